The molecule has 2 N–H and O–H groups in total. The van der Waals surface area contributed by atoms with Gasteiger partial charge in [0.25, 0.3) is 5.69 Å². The Bertz CT molecular complexity index is 364. The monoisotopic (exact) mass is 210 g/mol. The quantitative estimate of drug-likeness (QED) is 0.469. The molecule has 15 heavy (non-hydrogen) atoms. The van der Waals surface area contributed by atoms with Crippen molar-refractivity contribution in [3.63, 3.8) is 0 Å². The summed E-state index contributed by atoms with van der Waals surface area (Å²) in [5, 5.41) is 10.4. The molecule has 0 aliphatic rings. The molecular weight excluding hydrogens is 196 g/mol. The summed E-state index contributed by atoms with van der Waals surface area (Å²) in [4.78, 5) is 9.96. The van der Waals surface area contributed by atoms with Crippen LogP contribution in [-0.4, -0.2) is 11.5 Å². The van der Waals surface area contributed by atoms with E-state index in [0.29, 0.717) is 24.0 Å². The second-order valence-electron chi connectivity index (χ2n) is 3.68. The van der Waals surface area contributed by atoms with E-state index >= 15 is 0 Å². The number of rotatable bonds is 4. The van der Waals surface area contributed by atoms with E-state index in [0.717, 1.165) is 0 Å². The lowest BCUT2D eigenvalue weighted by atomic mass is 10.2. The van der Waals surface area contributed by atoms with Crippen molar-refractivity contribution < 1.29 is 9.66 Å². The Labute approximate surface area is 88.0 Å². The molecule has 1 rings (SSSR count). The summed E-state index contributed by atoms with van der Waals surface area (Å²) in [7, 11) is 0. The molecule has 1 aromatic rings. The number of nitrogens with zero attached hydrogens (tertiary/aromatic N) is 1. The lowest BCUT2D eigenvalue weighted by Gasteiger charge is -2.10. The van der Waals surface area contributed by atoms with Crippen LogP contribution in [0.15, 0.2) is 18.2 Å². The van der Waals surface area contributed by atoms with Crippen LogP contribution in [-0.2, 0) is 0 Å². The molecule has 5 nitrogen and oxygen atoms in total. The number of non-ortho nitro benzene ring substituents is 1. The van der Waals surface area contributed by atoms with E-state index in [1.54, 1.807) is 0 Å². The van der Waals surface area contributed by atoms with Crippen LogP contribution in [0.3, 0.4) is 0 Å². The highest BCUT2D eigenvalue weighted by Crippen LogP contribution is 2.26. The highest BCUT2D eigenvalue weighted by atomic mass is 16.6. The fourth-order valence-corrected chi connectivity index (χ4v) is 1.04. The van der Waals surface area contributed by atoms with Crippen molar-refractivity contribution in [1.82, 2.24) is 0 Å². The van der Waals surface area contributed by atoms with Crippen molar-refractivity contribution in [3.05, 3.63) is 28.3 Å². The van der Waals surface area contributed by atoms with Crippen molar-refractivity contribution >= 4 is 11.4 Å². The van der Waals surface area contributed by atoms with Gasteiger partial charge in [0, 0.05) is 12.1 Å². The smallest absolute Gasteiger partial charge is 0.271 e. The van der Waals surface area contributed by atoms with Crippen LogP contribution < -0.4 is 10.5 Å². The average molecular weight is 210 g/mol. The van der Waals surface area contributed by atoms with E-state index in [4.69, 9.17) is 10.5 Å². The summed E-state index contributed by atoms with van der Waals surface area (Å²) in [5.74, 6) is 0.883. The molecule has 0 aliphatic carbocycles. The molecule has 0 radical (unpaired) electrons. The normalized spacial score (nSPS) is 10.3. The van der Waals surface area contributed by atoms with Gasteiger partial charge in [-0.15, -0.1) is 0 Å². The molecule has 0 atom stereocenters. The molecule has 0 heterocycles. The molecule has 1 aromatic carbocycles. The maximum absolute atomic E-state index is 10.4. The minimum absolute atomic E-state index is 0.0237. The number of anilines is 1. The van der Waals surface area contributed by atoms with Gasteiger partial charge in [0.2, 0.25) is 0 Å². The Morgan fingerprint density at radius 1 is 1.53 bits per heavy atom. The second-order valence-corrected chi connectivity index (χ2v) is 3.68. The van der Waals surface area contributed by atoms with E-state index in [2.05, 4.69) is 0 Å². The lowest BCUT2D eigenvalue weighted by Crippen LogP contribution is -2.06. The van der Waals surface area contributed by atoms with Crippen molar-refractivity contribution in [3.8, 4) is 5.75 Å². The van der Waals surface area contributed by atoms with Crippen LogP contribution in [0.5, 0.6) is 5.75 Å². The predicted octanol–water partition coefficient (Wildman–Crippen LogP) is 2.21. The zero-order valence-electron chi connectivity index (χ0n) is 8.77. The molecule has 0 bridgehead atoms. The predicted molar refractivity (Wildman–Crippen MR) is 57.8 cm³/mol. The van der Waals surface area contributed by atoms with Gasteiger partial charge in [0.05, 0.1) is 17.2 Å². The molecule has 0 spiro atoms. The van der Waals surface area contributed by atoms with Crippen LogP contribution >= 0.6 is 0 Å². The number of hydrogen-bond donors (Lipinski definition) is 1. The van der Waals surface area contributed by atoms with Gasteiger partial charge in [0.15, 0.2) is 0 Å². The number of hydrogen-bond acceptors (Lipinski definition) is 4. The van der Waals surface area contributed by atoms with Gasteiger partial charge < -0.3 is 10.5 Å². The number of nitro groups is 1. The first-order chi connectivity index (χ1) is 7.00. The van der Waals surface area contributed by atoms with Gasteiger partial charge in [-0.1, -0.05) is 13.8 Å². The molecule has 82 valence electrons. The van der Waals surface area contributed by atoms with Crippen LogP contribution in [0.2, 0.25) is 0 Å². The minimum atomic E-state index is -0.484. The molecule has 0 aromatic heterocycles. The van der Waals surface area contributed by atoms with Gasteiger partial charge in [-0.25, -0.2) is 0 Å². The molecule has 0 saturated carbocycles. The van der Waals surface area contributed by atoms with E-state index in [1.165, 1.54) is 18.2 Å². The zero-order valence-corrected chi connectivity index (χ0v) is 8.77. The fourth-order valence-electron chi connectivity index (χ4n) is 1.04. The minimum Gasteiger partial charge on any atom is -0.491 e. The van der Waals surface area contributed by atoms with Gasteiger partial charge in [-0.2, -0.15) is 0 Å². The third-order valence-electron chi connectivity index (χ3n) is 1.78. The fraction of sp³-hybridized carbons (Fsp3) is 0.400. The maximum atomic E-state index is 10.4. The zero-order chi connectivity index (χ0) is 11.4. The number of nitro benzene ring substituents is 1. The van der Waals surface area contributed by atoms with Gasteiger partial charge in [-0.05, 0) is 12.0 Å². The summed E-state index contributed by atoms with van der Waals surface area (Å²) >= 11 is 0. The molecule has 0 unspecified atom stereocenters. The largest absolute Gasteiger partial charge is 0.491 e. The Balaban J connectivity index is 2.79. The molecule has 0 aliphatic heterocycles. The summed E-state index contributed by atoms with van der Waals surface area (Å²) < 4.78 is 5.39. The van der Waals surface area contributed by atoms with Crippen LogP contribution in [0, 0.1) is 16.0 Å². The number of ether oxygens (including phenoxy) is 1. The maximum Gasteiger partial charge on any atom is 0.271 e. The number of nitrogen functional groups attached to an aromatic ring is 1. The molecule has 0 fully saturated rings. The van der Waals surface area contributed by atoms with Gasteiger partial charge >= 0.3 is 0 Å². The van der Waals surface area contributed by atoms with Crippen molar-refractivity contribution in [1.29, 1.82) is 0 Å². The van der Waals surface area contributed by atoms with Crippen molar-refractivity contribution in [2.45, 2.75) is 13.8 Å². The number of nitrogens with two attached hydrogens (primary N) is 1. The standard InChI is InChI=1S/C10H14N2O3/c1-7(2)6-15-10-4-3-8(12(13)14)5-9(10)11/h3-5,7H,6,11H2,1-2H3. The molecule has 0 saturated heterocycles. The van der Waals surface area contributed by atoms with Crippen LogP contribution in [0.1, 0.15) is 13.8 Å². The Morgan fingerprint density at radius 3 is 2.67 bits per heavy atom. The number of benzene rings is 1. The summed E-state index contributed by atoms with van der Waals surface area (Å²) in [6.07, 6.45) is 0. The SMILES string of the molecule is CC(C)COc1ccc([N+](=O)[O-])cc1N. The first-order valence-electron chi connectivity index (χ1n) is 4.67. The van der Waals surface area contributed by atoms with Gasteiger partial charge in [-0.3, -0.25) is 10.1 Å². The molecular formula is C10H14N2O3. The lowest BCUT2D eigenvalue weighted by molar-refractivity contribution is -0.384. The van der Waals surface area contributed by atoms with Crippen LogP contribution in [0.25, 0.3) is 0 Å². The average Bonchev–Trinajstić information content (AvgIpc) is 2.15. The second kappa shape index (κ2) is 4.63. The summed E-state index contributed by atoms with van der Waals surface area (Å²) in [5.41, 5.74) is 5.89. The first-order valence-corrected chi connectivity index (χ1v) is 4.67. The summed E-state index contributed by atoms with van der Waals surface area (Å²) in [6, 6.07) is 4.21. The van der Waals surface area contributed by atoms with Crippen LogP contribution in [0.4, 0.5) is 11.4 Å². The Hall–Kier alpha value is -1.78. The highest BCUT2D eigenvalue weighted by Gasteiger charge is 2.09. The Kier molecular flexibility index (Phi) is 3.49. The van der Waals surface area contributed by atoms with Crippen molar-refractivity contribution in [2.75, 3.05) is 12.3 Å². The summed E-state index contributed by atoms with van der Waals surface area (Å²) in [6.45, 7) is 4.57. The highest BCUT2D eigenvalue weighted by molar-refractivity contribution is 5.58. The first kappa shape index (κ1) is 11.3. The van der Waals surface area contributed by atoms with E-state index in [9.17, 15) is 10.1 Å². The molecule has 0 amide bonds. The van der Waals surface area contributed by atoms with E-state index in [1.807, 2.05) is 13.8 Å². The third kappa shape index (κ3) is 3.12. The third-order valence-corrected chi connectivity index (χ3v) is 1.78. The van der Waals surface area contributed by atoms with Gasteiger partial charge in [0.1, 0.15) is 5.75 Å². The molecule has 5 heteroatoms. The Morgan fingerprint density at radius 2 is 2.20 bits per heavy atom. The van der Waals surface area contributed by atoms with Crippen molar-refractivity contribution in [2.24, 2.45) is 5.92 Å². The van der Waals surface area contributed by atoms with E-state index < -0.39 is 4.92 Å². The van der Waals surface area contributed by atoms with E-state index in [-0.39, 0.29) is 5.69 Å². The topological polar surface area (TPSA) is 78.4 Å².